The molecule has 0 aromatic heterocycles. The highest BCUT2D eigenvalue weighted by atomic mass is 32.2. The highest BCUT2D eigenvalue weighted by Crippen LogP contribution is 2.29. The normalized spacial score (nSPS) is 13.5. The van der Waals surface area contributed by atoms with Crippen molar-refractivity contribution in [2.24, 2.45) is 0 Å². The largest absolute Gasteiger partial charge is 0.489 e. The zero-order valence-electron chi connectivity index (χ0n) is 12.7. The van der Waals surface area contributed by atoms with Gasteiger partial charge in [-0.1, -0.05) is 18.2 Å². The fraction of sp³-hybridized carbons (Fsp3) is 0.250. The number of rotatable bonds is 6. The van der Waals surface area contributed by atoms with Gasteiger partial charge in [-0.15, -0.1) is 0 Å². The summed E-state index contributed by atoms with van der Waals surface area (Å²) in [5.41, 5.74) is -0.901. The molecule has 0 heterocycles. The summed E-state index contributed by atoms with van der Waals surface area (Å²) < 4.78 is 69.5. The molecule has 8 heteroatoms. The van der Waals surface area contributed by atoms with Crippen molar-refractivity contribution in [2.45, 2.75) is 24.1 Å². The Balaban J connectivity index is 1.98. The van der Waals surface area contributed by atoms with Crippen molar-refractivity contribution >= 4 is 10.0 Å². The number of sulfonamides is 1. The van der Waals surface area contributed by atoms with Gasteiger partial charge < -0.3 is 4.74 Å². The second-order valence-corrected chi connectivity index (χ2v) is 6.88. The molecule has 2 aromatic rings. The molecule has 1 N–H and O–H groups in total. The zero-order valence-corrected chi connectivity index (χ0v) is 13.6. The van der Waals surface area contributed by atoms with Gasteiger partial charge in [0, 0.05) is 6.54 Å². The van der Waals surface area contributed by atoms with Crippen molar-refractivity contribution in [1.29, 1.82) is 0 Å². The Bertz CT molecular complexity index is 759. The monoisotopic (exact) mass is 359 g/mol. The first-order chi connectivity index (χ1) is 11.2. The lowest BCUT2D eigenvalue weighted by Crippen LogP contribution is -2.33. The summed E-state index contributed by atoms with van der Waals surface area (Å²) in [6, 6.07) is 12.2. The molecular weight excluding hydrogens is 343 g/mol. The van der Waals surface area contributed by atoms with E-state index in [1.165, 1.54) is 0 Å². The smallest absolute Gasteiger partial charge is 0.416 e. The predicted octanol–water partition coefficient (Wildman–Crippen LogP) is 3.45. The van der Waals surface area contributed by atoms with Crippen molar-refractivity contribution < 1.29 is 26.3 Å². The average Bonchev–Trinajstić information content (AvgIpc) is 2.53. The van der Waals surface area contributed by atoms with Crippen LogP contribution in [0.2, 0.25) is 0 Å². The van der Waals surface area contributed by atoms with Gasteiger partial charge in [-0.25, -0.2) is 13.1 Å². The molecule has 0 aliphatic heterocycles. The summed E-state index contributed by atoms with van der Waals surface area (Å²) in [5, 5.41) is 0. The molecule has 4 nitrogen and oxygen atoms in total. The number of benzene rings is 2. The number of nitrogens with one attached hydrogen (secondary N) is 1. The molecule has 2 rings (SSSR count). The Kier molecular flexibility index (Phi) is 5.51. The Morgan fingerprint density at radius 1 is 1.04 bits per heavy atom. The van der Waals surface area contributed by atoms with Gasteiger partial charge in [0.15, 0.2) is 0 Å². The Morgan fingerprint density at radius 2 is 1.62 bits per heavy atom. The van der Waals surface area contributed by atoms with Gasteiger partial charge in [-0.3, -0.25) is 0 Å². The topological polar surface area (TPSA) is 55.4 Å². The van der Waals surface area contributed by atoms with Crippen LogP contribution in [0.5, 0.6) is 5.75 Å². The standard InChI is InChI=1S/C16H16F3NO3S/c1-12(23-14-5-3-2-4-6-14)11-20-24(21,22)15-9-7-13(8-10-15)16(17,18)19/h2-10,12,20H,11H2,1H3. The summed E-state index contributed by atoms with van der Waals surface area (Å²) in [6.07, 6.45) is -4.95. The van der Waals surface area contributed by atoms with Crippen molar-refractivity contribution in [3.05, 3.63) is 60.2 Å². The van der Waals surface area contributed by atoms with Gasteiger partial charge in [0.2, 0.25) is 10.0 Å². The zero-order chi connectivity index (χ0) is 17.8. The average molecular weight is 359 g/mol. The second kappa shape index (κ2) is 7.23. The first-order valence-corrected chi connectivity index (χ1v) is 8.55. The summed E-state index contributed by atoms with van der Waals surface area (Å²) in [4.78, 5) is -0.234. The van der Waals surface area contributed by atoms with Crippen LogP contribution in [0.4, 0.5) is 13.2 Å². The van der Waals surface area contributed by atoms with E-state index in [1.807, 2.05) is 6.07 Å². The molecule has 0 saturated heterocycles. The fourth-order valence-electron chi connectivity index (χ4n) is 1.91. The maximum atomic E-state index is 12.5. The van der Waals surface area contributed by atoms with E-state index in [0.29, 0.717) is 5.75 Å². The Morgan fingerprint density at radius 3 is 2.17 bits per heavy atom. The highest BCUT2D eigenvalue weighted by molar-refractivity contribution is 7.89. The molecule has 0 radical (unpaired) electrons. The van der Waals surface area contributed by atoms with Crippen molar-refractivity contribution in [3.63, 3.8) is 0 Å². The van der Waals surface area contributed by atoms with E-state index in [4.69, 9.17) is 4.74 Å². The maximum Gasteiger partial charge on any atom is 0.416 e. The summed E-state index contributed by atoms with van der Waals surface area (Å²) in [5.74, 6) is 0.596. The maximum absolute atomic E-state index is 12.5. The lowest BCUT2D eigenvalue weighted by molar-refractivity contribution is -0.137. The van der Waals surface area contributed by atoms with Gasteiger partial charge in [0.1, 0.15) is 11.9 Å². The van der Waals surface area contributed by atoms with E-state index in [0.717, 1.165) is 24.3 Å². The Labute approximate surface area is 138 Å². The van der Waals surface area contributed by atoms with Crippen LogP contribution in [0.1, 0.15) is 12.5 Å². The van der Waals surface area contributed by atoms with Crippen molar-refractivity contribution in [2.75, 3.05) is 6.54 Å². The molecule has 0 aliphatic rings. The molecule has 0 saturated carbocycles. The van der Waals surface area contributed by atoms with Gasteiger partial charge in [-0.2, -0.15) is 13.2 Å². The molecule has 0 bridgehead atoms. The number of ether oxygens (including phenoxy) is 1. The van der Waals surface area contributed by atoms with Crippen molar-refractivity contribution in [1.82, 2.24) is 4.72 Å². The van der Waals surface area contributed by atoms with Gasteiger partial charge >= 0.3 is 6.18 Å². The van der Waals surface area contributed by atoms with Crippen molar-refractivity contribution in [3.8, 4) is 5.75 Å². The number of hydrogen-bond donors (Lipinski definition) is 1. The SMILES string of the molecule is CC(CNS(=O)(=O)c1ccc(C(F)(F)F)cc1)Oc1ccccc1. The van der Waals surface area contributed by atoms with E-state index in [1.54, 1.807) is 31.2 Å². The minimum atomic E-state index is -4.51. The predicted molar refractivity (Wildman–Crippen MR) is 83.2 cm³/mol. The van der Waals surface area contributed by atoms with Crippen LogP contribution in [0, 0.1) is 0 Å². The van der Waals surface area contributed by atoms with Crippen LogP contribution in [0.3, 0.4) is 0 Å². The summed E-state index contributed by atoms with van der Waals surface area (Å²) in [6.45, 7) is 1.67. The van der Waals surface area contributed by atoms with E-state index >= 15 is 0 Å². The molecule has 1 atom stereocenters. The first kappa shape index (κ1) is 18.3. The minimum absolute atomic E-state index is 0.0156. The quantitative estimate of drug-likeness (QED) is 0.859. The van der Waals surface area contributed by atoms with Gasteiger partial charge in [0.25, 0.3) is 0 Å². The number of para-hydroxylation sites is 1. The van der Waals surface area contributed by atoms with Crippen LogP contribution in [0.25, 0.3) is 0 Å². The third-order valence-corrected chi connectivity index (χ3v) is 4.57. The van der Waals surface area contributed by atoms with Crippen LogP contribution < -0.4 is 9.46 Å². The third kappa shape index (κ3) is 4.97. The fourth-order valence-corrected chi connectivity index (χ4v) is 3.02. The van der Waals surface area contributed by atoms with Crippen LogP contribution in [-0.4, -0.2) is 21.1 Å². The molecule has 0 amide bonds. The van der Waals surface area contributed by atoms with Gasteiger partial charge in [0.05, 0.1) is 10.5 Å². The van der Waals surface area contributed by atoms with E-state index in [-0.39, 0.29) is 11.4 Å². The first-order valence-electron chi connectivity index (χ1n) is 7.07. The molecule has 0 aliphatic carbocycles. The lowest BCUT2D eigenvalue weighted by Gasteiger charge is -2.15. The number of hydrogen-bond acceptors (Lipinski definition) is 3. The van der Waals surface area contributed by atoms with Crippen LogP contribution in [-0.2, 0) is 16.2 Å². The Hall–Kier alpha value is -2.06. The van der Waals surface area contributed by atoms with E-state index in [9.17, 15) is 21.6 Å². The molecule has 130 valence electrons. The summed E-state index contributed by atoms with van der Waals surface area (Å²) >= 11 is 0. The van der Waals surface area contributed by atoms with E-state index < -0.39 is 27.9 Å². The number of alkyl halides is 3. The number of halogens is 3. The molecule has 2 aromatic carbocycles. The highest BCUT2D eigenvalue weighted by Gasteiger charge is 2.30. The van der Waals surface area contributed by atoms with E-state index in [2.05, 4.69) is 4.72 Å². The van der Waals surface area contributed by atoms with Crippen LogP contribution >= 0.6 is 0 Å². The van der Waals surface area contributed by atoms with Crippen LogP contribution in [0.15, 0.2) is 59.5 Å². The minimum Gasteiger partial charge on any atom is -0.489 e. The third-order valence-electron chi connectivity index (χ3n) is 3.13. The molecular formula is C16H16F3NO3S. The molecule has 0 fully saturated rings. The lowest BCUT2D eigenvalue weighted by atomic mass is 10.2. The summed E-state index contributed by atoms with van der Waals surface area (Å²) in [7, 11) is -3.91. The van der Waals surface area contributed by atoms with Gasteiger partial charge in [-0.05, 0) is 43.3 Å². The molecule has 0 spiro atoms. The second-order valence-electron chi connectivity index (χ2n) is 5.12. The molecule has 1 unspecified atom stereocenters. The molecule has 24 heavy (non-hydrogen) atoms.